The number of nitrogens with zero attached hydrogens (tertiary/aromatic N) is 2. The lowest BCUT2D eigenvalue weighted by atomic mass is 9.95. The van der Waals surface area contributed by atoms with E-state index in [2.05, 4.69) is 20.0 Å². The highest BCUT2D eigenvalue weighted by Gasteiger charge is 2.38. The molecule has 3 N–H and O–H groups in total. The second-order valence-corrected chi connectivity index (χ2v) is 8.93. The van der Waals surface area contributed by atoms with Gasteiger partial charge in [-0.15, -0.1) is 0 Å². The third kappa shape index (κ3) is 5.02. The number of ether oxygens (including phenoxy) is 2. The van der Waals surface area contributed by atoms with Gasteiger partial charge in [-0.1, -0.05) is 6.92 Å². The van der Waals surface area contributed by atoms with E-state index in [1.807, 2.05) is 6.92 Å². The monoisotopic (exact) mass is 422 g/mol. The molecule has 3 rings (SSSR count). The molecule has 10 heteroatoms. The first-order valence-corrected chi connectivity index (χ1v) is 10.9. The Kier molecular flexibility index (Phi) is 6.37. The van der Waals surface area contributed by atoms with Crippen LogP contribution in [0.1, 0.15) is 25.8 Å². The predicted molar refractivity (Wildman–Crippen MR) is 108 cm³/mol. The van der Waals surface area contributed by atoms with Crippen molar-refractivity contribution in [2.24, 2.45) is 0 Å². The molecule has 2 aromatic rings. The number of anilines is 2. The molecular weight excluding hydrogens is 396 g/mol. The van der Waals surface area contributed by atoms with Gasteiger partial charge in [0.05, 0.1) is 18.1 Å². The van der Waals surface area contributed by atoms with Crippen molar-refractivity contribution in [3.8, 4) is 5.88 Å². The molecule has 0 saturated carbocycles. The Hall–Kier alpha value is -2.27. The molecule has 1 aliphatic heterocycles. The number of rotatable bonds is 7. The van der Waals surface area contributed by atoms with E-state index in [0.717, 1.165) is 5.56 Å². The molecule has 1 fully saturated rings. The van der Waals surface area contributed by atoms with E-state index < -0.39 is 21.7 Å². The van der Waals surface area contributed by atoms with Crippen LogP contribution in [0.3, 0.4) is 0 Å². The Bertz CT molecular complexity index is 948. The van der Waals surface area contributed by atoms with Crippen molar-refractivity contribution in [1.29, 1.82) is 0 Å². The molecule has 158 valence electrons. The summed E-state index contributed by atoms with van der Waals surface area (Å²) in [5.41, 5.74) is 0.359. The van der Waals surface area contributed by atoms with Gasteiger partial charge in [-0.25, -0.2) is 18.1 Å². The highest BCUT2D eigenvalue weighted by atomic mass is 32.2. The standard InChI is InChI=1S/C19H26N4O5S/c1-4-13-11-21-18(22-14-5-7-15(8-6-14)29(25,26)20-3)23-17(13)28-16-9-10-27-12-19(16,2)24/h5-8,11,16,20,24H,4,9-10,12H2,1-3H3,(H,21,22,23). The lowest BCUT2D eigenvalue weighted by molar-refractivity contribution is -0.139. The highest BCUT2D eigenvalue weighted by Crippen LogP contribution is 2.27. The van der Waals surface area contributed by atoms with Crippen molar-refractivity contribution < 1.29 is 23.0 Å². The number of aryl methyl sites for hydroxylation is 1. The van der Waals surface area contributed by atoms with Crippen LogP contribution in [0.2, 0.25) is 0 Å². The average Bonchev–Trinajstić information content (AvgIpc) is 2.70. The second-order valence-electron chi connectivity index (χ2n) is 7.04. The van der Waals surface area contributed by atoms with Crippen molar-refractivity contribution >= 4 is 21.7 Å². The van der Waals surface area contributed by atoms with Crippen LogP contribution in [-0.2, 0) is 21.2 Å². The molecule has 2 atom stereocenters. The Morgan fingerprint density at radius 1 is 1.34 bits per heavy atom. The maximum Gasteiger partial charge on any atom is 0.240 e. The number of sulfonamides is 1. The van der Waals surface area contributed by atoms with Gasteiger partial charge >= 0.3 is 0 Å². The number of aromatic nitrogens is 2. The van der Waals surface area contributed by atoms with Gasteiger partial charge in [0.2, 0.25) is 21.9 Å². The van der Waals surface area contributed by atoms with Crippen molar-refractivity contribution in [3.05, 3.63) is 36.0 Å². The van der Waals surface area contributed by atoms with Crippen molar-refractivity contribution in [2.75, 3.05) is 25.6 Å². The molecule has 1 aromatic heterocycles. The second kappa shape index (κ2) is 8.62. The molecule has 1 saturated heterocycles. The summed E-state index contributed by atoms with van der Waals surface area (Å²) in [5.74, 6) is 0.722. The average molecular weight is 423 g/mol. The van der Waals surface area contributed by atoms with Crippen LogP contribution in [0, 0.1) is 0 Å². The molecule has 0 radical (unpaired) electrons. The van der Waals surface area contributed by atoms with E-state index >= 15 is 0 Å². The van der Waals surface area contributed by atoms with E-state index in [0.29, 0.717) is 37.0 Å². The molecular formula is C19H26N4O5S. The largest absolute Gasteiger partial charge is 0.471 e. The highest BCUT2D eigenvalue weighted by molar-refractivity contribution is 7.89. The summed E-state index contributed by atoms with van der Waals surface area (Å²) in [6, 6.07) is 6.24. The van der Waals surface area contributed by atoms with Crippen LogP contribution in [0.25, 0.3) is 0 Å². The number of hydrogen-bond donors (Lipinski definition) is 3. The minimum absolute atomic E-state index is 0.165. The molecule has 0 spiro atoms. The topological polar surface area (TPSA) is 123 Å². The maximum atomic E-state index is 11.8. The Morgan fingerprint density at radius 2 is 2.07 bits per heavy atom. The molecule has 1 aliphatic rings. The van der Waals surface area contributed by atoms with Crippen LogP contribution in [-0.4, -0.2) is 55.5 Å². The summed E-state index contributed by atoms with van der Waals surface area (Å²) in [6.07, 6.45) is 2.48. The Morgan fingerprint density at radius 3 is 2.69 bits per heavy atom. The number of aliphatic hydroxyl groups is 1. The van der Waals surface area contributed by atoms with Gasteiger partial charge in [-0.2, -0.15) is 4.98 Å². The minimum atomic E-state index is -3.49. The molecule has 0 aliphatic carbocycles. The van der Waals surface area contributed by atoms with Gasteiger partial charge in [0.25, 0.3) is 0 Å². The summed E-state index contributed by atoms with van der Waals surface area (Å²) < 4.78 is 37.3. The normalized spacial score (nSPS) is 22.3. The van der Waals surface area contributed by atoms with Crippen LogP contribution < -0.4 is 14.8 Å². The van der Waals surface area contributed by atoms with Gasteiger partial charge < -0.3 is 19.9 Å². The lowest BCUT2D eigenvalue weighted by Crippen LogP contribution is -2.51. The summed E-state index contributed by atoms with van der Waals surface area (Å²) in [4.78, 5) is 8.93. The minimum Gasteiger partial charge on any atom is -0.471 e. The van der Waals surface area contributed by atoms with Gasteiger partial charge in [0.15, 0.2) is 0 Å². The fourth-order valence-electron chi connectivity index (χ4n) is 2.95. The zero-order chi connectivity index (χ0) is 21.1. The van der Waals surface area contributed by atoms with E-state index in [1.165, 1.54) is 19.2 Å². The lowest BCUT2D eigenvalue weighted by Gasteiger charge is -2.36. The first-order chi connectivity index (χ1) is 13.7. The number of benzene rings is 1. The maximum absolute atomic E-state index is 11.8. The molecule has 1 aromatic carbocycles. The molecule has 2 heterocycles. The smallest absolute Gasteiger partial charge is 0.240 e. The van der Waals surface area contributed by atoms with Crippen LogP contribution in [0.15, 0.2) is 35.4 Å². The Labute approximate surface area is 170 Å². The number of nitrogens with one attached hydrogen (secondary N) is 2. The summed E-state index contributed by atoms with van der Waals surface area (Å²) in [6.45, 7) is 4.38. The van der Waals surface area contributed by atoms with Crippen molar-refractivity contribution in [2.45, 2.75) is 43.3 Å². The van der Waals surface area contributed by atoms with E-state index in [4.69, 9.17) is 9.47 Å². The predicted octanol–water partition coefficient (Wildman–Crippen LogP) is 1.61. The van der Waals surface area contributed by atoms with Gasteiger partial charge in [0, 0.05) is 23.9 Å². The van der Waals surface area contributed by atoms with Gasteiger partial charge in [0.1, 0.15) is 11.7 Å². The van der Waals surface area contributed by atoms with E-state index in [1.54, 1.807) is 25.3 Å². The third-order valence-electron chi connectivity index (χ3n) is 4.76. The zero-order valence-electron chi connectivity index (χ0n) is 16.7. The van der Waals surface area contributed by atoms with Crippen LogP contribution in [0.5, 0.6) is 5.88 Å². The van der Waals surface area contributed by atoms with E-state index in [-0.39, 0.29) is 11.5 Å². The van der Waals surface area contributed by atoms with Crippen molar-refractivity contribution in [1.82, 2.24) is 14.7 Å². The quantitative estimate of drug-likeness (QED) is 0.615. The Balaban J connectivity index is 1.80. The molecule has 0 bridgehead atoms. The van der Waals surface area contributed by atoms with Crippen LogP contribution in [0.4, 0.5) is 11.6 Å². The molecule has 9 nitrogen and oxygen atoms in total. The van der Waals surface area contributed by atoms with Gasteiger partial charge in [-0.3, -0.25) is 0 Å². The third-order valence-corrected chi connectivity index (χ3v) is 6.19. The molecule has 2 unspecified atom stereocenters. The fourth-order valence-corrected chi connectivity index (χ4v) is 3.68. The van der Waals surface area contributed by atoms with Gasteiger partial charge in [-0.05, 0) is 44.7 Å². The summed E-state index contributed by atoms with van der Waals surface area (Å²) in [5, 5.41) is 13.6. The van der Waals surface area contributed by atoms with Crippen LogP contribution >= 0.6 is 0 Å². The molecule has 0 amide bonds. The van der Waals surface area contributed by atoms with E-state index in [9.17, 15) is 13.5 Å². The number of hydrogen-bond acceptors (Lipinski definition) is 8. The summed E-state index contributed by atoms with van der Waals surface area (Å²) >= 11 is 0. The summed E-state index contributed by atoms with van der Waals surface area (Å²) in [7, 11) is -2.13. The fraction of sp³-hybridized carbons (Fsp3) is 0.474. The van der Waals surface area contributed by atoms with Crippen molar-refractivity contribution in [3.63, 3.8) is 0 Å². The SMILES string of the molecule is CCc1cnc(Nc2ccc(S(=O)(=O)NC)cc2)nc1OC1CCOCC1(C)O. The first-order valence-electron chi connectivity index (χ1n) is 9.38. The first kappa shape index (κ1) is 21.4. The zero-order valence-corrected chi connectivity index (χ0v) is 17.5. The molecule has 29 heavy (non-hydrogen) atoms.